The zero-order chi connectivity index (χ0) is 24.9. The Morgan fingerprint density at radius 2 is 2.00 bits per heavy atom. The predicted octanol–water partition coefficient (Wildman–Crippen LogP) is 5.51. The molecule has 0 aliphatic heterocycles. The molecule has 2 aliphatic rings. The van der Waals surface area contributed by atoms with Crippen LogP contribution in [0.15, 0.2) is 42.9 Å². The van der Waals surface area contributed by atoms with Gasteiger partial charge < -0.3 is 14.0 Å². The number of ether oxygens (including phenoxy) is 2. The van der Waals surface area contributed by atoms with E-state index in [9.17, 15) is 0 Å². The molecule has 2 aliphatic carbocycles. The zero-order valence-electron chi connectivity index (χ0n) is 20.1. The lowest BCUT2D eigenvalue weighted by molar-refractivity contribution is 0.0894. The maximum Gasteiger partial charge on any atom is 0.245 e. The van der Waals surface area contributed by atoms with Gasteiger partial charge in [-0.1, -0.05) is 11.6 Å². The predicted molar refractivity (Wildman–Crippen MR) is 135 cm³/mol. The molecule has 0 atom stereocenters. The van der Waals surface area contributed by atoms with Crippen molar-refractivity contribution >= 4 is 22.8 Å². The van der Waals surface area contributed by atoms with E-state index >= 15 is 0 Å². The number of imidazole rings is 1. The fourth-order valence-corrected chi connectivity index (χ4v) is 4.67. The van der Waals surface area contributed by atoms with Crippen LogP contribution in [0.4, 0.5) is 0 Å². The Labute approximate surface area is 213 Å². The lowest BCUT2D eigenvalue weighted by atomic mass is 9.83. The van der Waals surface area contributed by atoms with E-state index in [1.165, 1.54) is 6.33 Å². The van der Waals surface area contributed by atoms with Gasteiger partial charge in [0.05, 0.1) is 29.2 Å². The molecule has 8 nitrogen and oxygen atoms in total. The minimum atomic E-state index is -0.202. The van der Waals surface area contributed by atoms with Gasteiger partial charge in [-0.15, -0.1) is 0 Å². The highest BCUT2D eigenvalue weighted by atomic mass is 35.5. The first-order chi connectivity index (χ1) is 17.4. The van der Waals surface area contributed by atoms with E-state index in [0.29, 0.717) is 40.2 Å². The molecule has 0 radical (unpaired) electrons. The van der Waals surface area contributed by atoms with E-state index in [4.69, 9.17) is 31.3 Å². The first-order valence-electron chi connectivity index (χ1n) is 12.1. The largest absolute Gasteiger partial charge is 0.490 e. The Hall–Kier alpha value is -3.70. The third-order valence-electron chi connectivity index (χ3n) is 6.85. The topological polar surface area (TPSA) is 98.7 Å². The van der Waals surface area contributed by atoms with E-state index in [-0.39, 0.29) is 17.6 Å². The maximum atomic E-state index is 9.01. The number of fused-ring (bicyclic) bond motifs is 1. The van der Waals surface area contributed by atoms with Gasteiger partial charge in [0.1, 0.15) is 29.6 Å². The number of hydrogen-bond acceptors (Lipinski definition) is 7. The van der Waals surface area contributed by atoms with E-state index < -0.39 is 0 Å². The summed E-state index contributed by atoms with van der Waals surface area (Å²) >= 11 is 6.78. The van der Waals surface area contributed by atoms with Crippen molar-refractivity contribution in [2.45, 2.75) is 57.8 Å². The van der Waals surface area contributed by atoms with Crippen LogP contribution in [-0.2, 0) is 6.54 Å². The average Bonchev–Trinajstić information content (AvgIpc) is 3.44. The highest BCUT2D eigenvalue weighted by molar-refractivity contribution is 6.33. The third-order valence-corrected chi connectivity index (χ3v) is 7.16. The number of rotatable bonds is 7. The number of aromatic nitrogens is 5. The van der Waals surface area contributed by atoms with Gasteiger partial charge in [-0.25, -0.2) is 9.97 Å². The minimum absolute atomic E-state index is 0.0484. The van der Waals surface area contributed by atoms with Crippen molar-refractivity contribution in [3.05, 3.63) is 59.1 Å². The quantitative estimate of drug-likeness (QED) is 0.330. The van der Waals surface area contributed by atoms with Crippen molar-refractivity contribution < 1.29 is 9.47 Å². The molecule has 0 unspecified atom stereocenters. The number of pyridine rings is 1. The van der Waals surface area contributed by atoms with Crippen LogP contribution in [0.3, 0.4) is 0 Å². The summed E-state index contributed by atoms with van der Waals surface area (Å²) in [7, 11) is 0. The van der Waals surface area contributed by atoms with Crippen LogP contribution >= 0.6 is 11.6 Å². The fourth-order valence-electron chi connectivity index (χ4n) is 4.41. The second-order valence-corrected chi connectivity index (χ2v) is 10.3. The molecule has 36 heavy (non-hydrogen) atoms. The average molecular weight is 501 g/mol. The Morgan fingerprint density at radius 1 is 1.17 bits per heavy atom. The second kappa shape index (κ2) is 8.75. The molecule has 6 rings (SSSR count). The standard InChI is InChI=1S/C27H25ClN6O2/c1-16-5-8-30-18(9-16)14-34-24(33-23-25(34)31-15-32-26(23)36-27(2)6-7-27)21-4-3-19(12-22(21)28)35-20-10-17(11-20)13-29/h3-5,8-9,12,15,17,20H,6-7,10-11,14H2,1-2H3. The Morgan fingerprint density at radius 3 is 2.72 bits per heavy atom. The summed E-state index contributed by atoms with van der Waals surface area (Å²) in [5.74, 6) is 1.89. The van der Waals surface area contributed by atoms with Crippen LogP contribution in [0.1, 0.15) is 43.9 Å². The highest BCUT2D eigenvalue weighted by Crippen LogP contribution is 2.41. The van der Waals surface area contributed by atoms with E-state index in [0.717, 1.165) is 42.5 Å². The van der Waals surface area contributed by atoms with Gasteiger partial charge in [0.15, 0.2) is 11.2 Å². The summed E-state index contributed by atoms with van der Waals surface area (Å²) < 4.78 is 14.2. The summed E-state index contributed by atoms with van der Waals surface area (Å²) in [6.07, 6.45) is 6.83. The minimum Gasteiger partial charge on any atom is -0.490 e. The highest BCUT2D eigenvalue weighted by Gasteiger charge is 2.41. The molecule has 2 fully saturated rings. The monoisotopic (exact) mass is 500 g/mol. The lowest BCUT2D eigenvalue weighted by Gasteiger charge is -2.31. The van der Waals surface area contributed by atoms with Crippen LogP contribution < -0.4 is 9.47 Å². The normalized spacial score (nSPS) is 19.9. The molecular formula is C27H25ClN6O2. The molecule has 3 aromatic heterocycles. The van der Waals surface area contributed by atoms with Crippen molar-refractivity contribution in [1.29, 1.82) is 5.26 Å². The van der Waals surface area contributed by atoms with Crippen molar-refractivity contribution in [2.24, 2.45) is 5.92 Å². The molecule has 0 spiro atoms. The van der Waals surface area contributed by atoms with Crippen molar-refractivity contribution in [3.8, 4) is 29.1 Å². The van der Waals surface area contributed by atoms with E-state index in [1.54, 1.807) is 12.3 Å². The van der Waals surface area contributed by atoms with Gasteiger partial charge in [0.2, 0.25) is 5.88 Å². The molecule has 4 aromatic rings. The summed E-state index contributed by atoms with van der Waals surface area (Å²) in [5, 5.41) is 9.53. The summed E-state index contributed by atoms with van der Waals surface area (Å²) in [4.78, 5) is 18.4. The summed E-state index contributed by atoms with van der Waals surface area (Å²) in [6.45, 7) is 4.58. The van der Waals surface area contributed by atoms with Gasteiger partial charge in [0.25, 0.3) is 0 Å². The number of halogens is 1. The molecule has 2 saturated carbocycles. The van der Waals surface area contributed by atoms with Crippen molar-refractivity contribution in [2.75, 3.05) is 0 Å². The van der Waals surface area contributed by atoms with Gasteiger partial charge in [-0.2, -0.15) is 10.2 Å². The van der Waals surface area contributed by atoms with Crippen molar-refractivity contribution in [3.63, 3.8) is 0 Å². The molecule has 0 saturated heterocycles. The molecule has 9 heteroatoms. The molecule has 0 N–H and O–H groups in total. The molecule has 3 heterocycles. The van der Waals surface area contributed by atoms with Crippen LogP contribution in [0.5, 0.6) is 11.6 Å². The summed E-state index contributed by atoms with van der Waals surface area (Å²) in [5.41, 5.74) is 3.82. The Kier molecular flexibility index (Phi) is 5.53. The SMILES string of the molecule is Cc1ccnc(Cn2c(-c3ccc(OC4CC(C#N)C4)cc3Cl)nc3c(OC4(C)CC4)ncnc32)c1. The smallest absolute Gasteiger partial charge is 0.245 e. The Balaban J connectivity index is 1.40. The maximum absolute atomic E-state index is 9.01. The molecular weight excluding hydrogens is 476 g/mol. The van der Waals surface area contributed by atoms with Crippen LogP contribution in [-0.4, -0.2) is 36.2 Å². The van der Waals surface area contributed by atoms with E-state index in [1.807, 2.05) is 35.8 Å². The fraction of sp³-hybridized carbons (Fsp3) is 0.370. The summed E-state index contributed by atoms with van der Waals surface area (Å²) in [6, 6.07) is 11.9. The van der Waals surface area contributed by atoms with Gasteiger partial charge in [-0.05, 0) is 62.6 Å². The van der Waals surface area contributed by atoms with E-state index in [2.05, 4.69) is 27.9 Å². The molecule has 1 aromatic carbocycles. The number of benzene rings is 1. The zero-order valence-corrected chi connectivity index (χ0v) is 20.9. The van der Waals surface area contributed by atoms with Gasteiger partial charge in [0, 0.05) is 24.6 Å². The van der Waals surface area contributed by atoms with Gasteiger partial charge >= 0.3 is 0 Å². The van der Waals surface area contributed by atoms with Crippen LogP contribution in [0, 0.1) is 24.2 Å². The number of hydrogen-bond donors (Lipinski definition) is 0. The lowest BCUT2D eigenvalue weighted by Crippen LogP contribution is -2.32. The van der Waals surface area contributed by atoms with Crippen LogP contribution in [0.2, 0.25) is 5.02 Å². The number of nitriles is 1. The third kappa shape index (κ3) is 4.35. The molecule has 182 valence electrons. The van der Waals surface area contributed by atoms with Crippen molar-refractivity contribution in [1.82, 2.24) is 24.5 Å². The van der Waals surface area contributed by atoms with Gasteiger partial charge in [-0.3, -0.25) is 4.98 Å². The Bertz CT molecular complexity index is 1500. The second-order valence-electron chi connectivity index (χ2n) is 9.93. The number of nitrogens with zero attached hydrogens (tertiary/aromatic N) is 6. The number of aryl methyl sites for hydroxylation is 1. The molecule has 0 bridgehead atoms. The molecule has 0 amide bonds. The van der Waals surface area contributed by atoms with Crippen LogP contribution in [0.25, 0.3) is 22.6 Å². The first-order valence-corrected chi connectivity index (χ1v) is 12.5. The first kappa shape index (κ1) is 22.7.